The molecule has 4 nitrogen and oxygen atoms in total. The highest BCUT2D eigenvalue weighted by Crippen LogP contribution is 2.49. The molecule has 2 atom stereocenters. The van der Waals surface area contributed by atoms with Crippen molar-refractivity contribution in [2.24, 2.45) is 0 Å². The summed E-state index contributed by atoms with van der Waals surface area (Å²) in [4.78, 5) is 16.0. The van der Waals surface area contributed by atoms with Crippen LogP contribution in [0, 0.1) is 18.6 Å². The van der Waals surface area contributed by atoms with Crippen LogP contribution in [-0.4, -0.2) is 23.2 Å². The number of hydrogen-bond acceptors (Lipinski definition) is 3. The van der Waals surface area contributed by atoms with E-state index in [0.717, 1.165) is 0 Å². The third-order valence-electron chi connectivity index (χ3n) is 5.20. The van der Waals surface area contributed by atoms with E-state index in [2.05, 4.69) is 4.98 Å². The minimum atomic E-state index is -1.17. The van der Waals surface area contributed by atoms with E-state index < -0.39 is 23.0 Å². The normalized spacial score (nSPS) is 22.8. The van der Waals surface area contributed by atoms with E-state index in [1.165, 1.54) is 31.5 Å². The molecule has 1 fully saturated rings. The Morgan fingerprint density at radius 1 is 1.36 bits per heavy atom. The van der Waals surface area contributed by atoms with Crippen LogP contribution in [0.5, 0.6) is 5.88 Å². The molecule has 0 saturated heterocycles. The highest BCUT2D eigenvalue weighted by atomic mass is 19.1. The Hall–Kier alpha value is -2.50. The number of rotatable bonds is 4. The third-order valence-corrected chi connectivity index (χ3v) is 5.20. The summed E-state index contributed by atoms with van der Waals surface area (Å²) in [6.45, 7) is 1.59. The molecule has 0 amide bonds. The summed E-state index contributed by atoms with van der Waals surface area (Å²) in [5, 5.41) is 9.90. The van der Waals surface area contributed by atoms with E-state index in [-0.39, 0.29) is 18.2 Å². The lowest BCUT2D eigenvalue weighted by atomic mass is 9.76. The molecule has 0 bridgehead atoms. The molecule has 0 aliphatic heterocycles. The number of carbonyl (C=O) groups is 1. The van der Waals surface area contributed by atoms with Crippen LogP contribution in [0.15, 0.2) is 30.5 Å². The Bertz CT molecular complexity index is 824. The van der Waals surface area contributed by atoms with Crippen LogP contribution < -0.4 is 4.74 Å². The first kappa shape index (κ1) is 17.3. The van der Waals surface area contributed by atoms with E-state index in [0.29, 0.717) is 29.5 Å². The van der Waals surface area contributed by atoms with Crippen molar-refractivity contribution in [1.82, 2.24) is 4.98 Å². The first-order chi connectivity index (χ1) is 11.9. The van der Waals surface area contributed by atoms with Gasteiger partial charge in [-0.1, -0.05) is 12.1 Å². The van der Waals surface area contributed by atoms with Crippen LogP contribution in [0.2, 0.25) is 0 Å². The van der Waals surface area contributed by atoms with Crippen LogP contribution in [-0.2, 0) is 10.2 Å². The van der Waals surface area contributed by atoms with Crippen molar-refractivity contribution in [2.75, 3.05) is 7.11 Å². The zero-order valence-corrected chi connectivity index (χ0v) is 14.1. The largest absolute Gasteiger partial charge is 0.481 e. The van der Waals surface area contributed by atoms with Crippen LogP contribution in [0.4, 0.5) is 8.78 Å². The van der Waals surface area contributed by atoms with Gasteiger partial charge in [-0.05, 0) is 60.9 Å². The molecular weight excluding hydrogens is 328 g/mol. The number of pyridine rings is 1. The molecule has 132 valence electrons. The van der Waals surface area contributed by atoms with Gasteiger partial charge in [0.25, 0.3) is 0 Å². The summed E-state index contributed by atoms with van der Waals surface area (Å²) in [6.07, 6.45) is 2.73. The highest BCUT2D eigenvalue weighted by Gasteiger charge is 2.48. The fraction of sp³-hybridized carbons (Fsp3) is 0.368. The number of carboxylic acids is 1. The third kappa shape index (κ3) is 2.86. The number of nitrogens with zero attached hydrogens (tertiary/aromatic N) is 1. The summed E-state index contributed by atoms with van der Waals surface area (Å²) in [6, 6.07) is 5.86. The standard InChI is InChI=1S/C19H19F2NO3/c1-11-14(4-3-5-15(11)20)19(18(23)24)7-6-12(9-19)13-8-16(21)17(25-2)22-10-13/h3-5,8,10,12H,6-7,9H2,1-2H3,(H,23,24). The molecule has 1 N–H and O–H groups in total. The zero-order chi connectivity index (χ0) is 18.2. The van der Waals surface area contributed by atoms with Crippen LogP contribution >= 0.6 is 0 Å². The minimum absolute atomic E-state index is 0.0905. The molecule has 6 heteroatoms. The Kier molecular flexibility index (Phi) is 4.45. The van der Waals surface area contributed by atoms with E-state index in [1.54, 1.807) is 13.0 Å². The van der Waals surface area contributed by atoms with Crippen molar-refractivity contribution in [1.29, 1.82) is 0 Å². The lowest BCUT2D eigenvalue weighted by Crippen LogP contribution is -2.34. The molecule has 1 aromatic carbocycles. The number of ether oxygens (including phenoxy) is 1. The molecule has 2 aromatic rings. The molecule has 1 heterocycles. The summed E-state index contributed by atoms with van der Waals surface area (Å²) >= 11 is 0. The van der Waals surface area contributed by atoms with Crippen molar-refractivity contribution in [3.05, 3.63) is 58.8 Å². The number of benzene rings is 1. The van der Waals surface area contributed by atoms with Crippen molar-refractivity contribution in [3.63, 3.8) is 0 Å². The van der Waals surface area contributed by atoms with Gasteiger partial charge in [0, 0.05) is 6.20 Å². The molecule has 1 saturated carbocycles. The number of aromatic nitrogens is 1. The highest BCUT2D eigenvalue weighted by molar-refractivity contribution is 5.82. The summed E-state index contributed by atoms with van der Waals surface area (Å²) in [5.74, 6) is -2.22. The van der Waals surface area contributed by atoms with E-state index >= 15 is 0 Å². The molecular formula is C19H19F2NO3. The number of halogens is 2. The van der Waals surface area contributed by atoms with Gasteiger partial charge < -0.3 is 9.84 Å². The lowest BCUT2D eigenvalue weighted by molar-refractivity contribution is -0.143. The monoisotopic (exact) mass is 347 g/mol. The predicted molar refractivity (Wildman–Crippen MR) is 87.8 cm³/mol. The molecule has 0 spiro atoms. The number of carboxylic acid groups (broad SMARTS) is 1. The Labute approximate surface area is 144 Å². The smallest absolute Gasteiger partial charge is 0.314 e. The van der Waals surface area contributed by atoms with Gasteiger partial charge in [-0.15, -0.1) is 0 Å². The average Bonchev–Trinajstić information content (AvgIpc) is 3.04. The first-order valence-corrected chi connectivity index (χ1v) is 8.07. The second-order valence-corrected chi connectivity index (χ2v) is 6.50. The van der Waals surface area contributed by atoms with E-state index in [1.807, 2.05) is 0 Å². The SMILES string of the molecule is COc1ncc(C2CCC(C(=O)O)(c3cccc(F)c3C)C2)cc1F. The van der Waals surface area contributed by atoms with Gasteiger partial charge >= 0.3 is 5.97 Å². The Balaban J connectivity index is 1.98. The minimum Gasteiger partial charge on any atom is -0.481 e. The molecule has 0 radical (unpaired) electrons. The topological polar surface area (TPSA) is 59.4 Å². The summed E-state index contributed by atoms with van der Waals surface area (Å²) in [7, 11) is 1.34. The van der Waals surface area contributed by atoms with Gasteiger partial charge in [0.2, 0.25) is 5.88 Å². The van der Waals surface area contributed by atoms with E-state index in [9.17, 15) is 18.7 Å². The maximum atomic E-state index is 14.0. The molecule has 1 aliphatic rings. The number of aliphatic carboxylic acids is 1. The molecule has 1 aliphatic carbocycles. The van der Waals surface area contributed by atoms with E-state index in [4.69, 9.17) is 4.74 Å². The zero-order valence-electron chi connectivity index (χ0n) is 14.1. The lowest BCUT2D eigenvalue weighted by Gasteiger charge is -2.27. The van der Waals surface area contributed by atoms with Crippen molar-refractivity contribution in [3.8, 4) is 5.88 Å². The quantitative estimate of drug-likeness (QED) is 0.909. The molecule has 1 aromatic heterocycles. The van der Waals surface area contributed by atoms with Crippen LogP contribution in [0.3, 0.4) is 0 Å². The van der Waals surface area contributed by atoms with Crippen LogP contribution in [0.1, 0.15) is 41.9 Å². The van der Waals surface area contributed by atoms with Crippen LogP contribution in [0.25, 0.3) is 0 Å². The summed E-state index contributed by atoms with van der Waals surface area (Å²) in [5.41, 5.74) is 0.303. The van der Waals surface area contributed by atoms with Crippen molar-refractivity contribution in [2.45, 2.75) is 37.5 Å². The number of hydrogen-bond donors (Lipinski definition) is 1. The van der Waals surface area contributed by atoms with Gasteiger partial charge in [0.15, 0.2) is 5.82 Å². The number of methoxy groups -OCH3 is 1. The molecule has 25 heavy (non-hydrogen) atoms. The van der Waals surface area contributed by atoms with Crippen molar-refractivity contribution >= 4 is 5.97 Å². The maximum Gasteiger partial charge on any atom is 0.314 e. The predicted octanol–water partition coefficient (Wildman–Crippen LogP) is 3.97. The Morgan fingerprint density at radius 2 is 2.12 bits per heavy atom. The van der Waals surface area contributed by atoms with Crippen molar-refractivity contribution < 1.29 is 23.4 Å². The van der Waals surface area contributed by atoms with Gasteiger partial charge in [-0.2, -0.15) is 0 Å². The molecule has 2 unspecified atom stereocenters. The van der Waals surface area contributed by atoms with Gasteiger partial charge in [0.1, 0.15) is 5.82 Å². The molecule has 3 rings (SSSR count). The van der Waals surface area contributed by atoms with Gasteiger partial charge in [0.05, 0.1) is 12.5 Å². The second kappa shape index (κ2) is 6.43. The maximum absolute atomic E-state index is 14.0. The van der Waals surface area contributed by atoms with Gasteiger partial charge in [-0.25, -0.2) is 13.8 Å². The summed E-state index contributed by atoms with van der Waals surface area (Å²) < 4.78 is 32.7. The average molecular weight is 347 g/mol. The van der Waals surface area contributed by atoms with Gasteiger partial charge in [-0.3, -0.25) is 4.79 Å². The first-order valence-electron chi connectivity index (χ1n) is 8.07. The Morgan fingerprint density at radius 3 is 2.76 bits per heavy atom. The fourth-order valence-corrected chi connectivity index (χ4v) is 3.82. The fourth-order valence-electron chi connectivity index (χ4n) is 3.82. The second-order valence-electron chi connectivity index (χ2n) is 6.50.